The highest BCUT2D eigenvalue weighted by Gasteiger charge is 2.52. The topological polar surface area (TPSA) is 38.0 Å². The SMILES string of the molecule is N[C@H]1C[C@]12CCNC2. The lowest BCUT2D eigenvalue weighted by molar-refractivity contribution is 0.547. The first kappa shape index (κ1) is 4.77. The van der Waals surface area contributed by atoms with Crippen molar-refractivity contribution in [2.75, 3.05) is 13.1 Å². The molecule has 0 aromatic rings. The van der Waals surface area contributed by atoms with Crippen molar-refractivity contribution in [3.63, 3.8) is 0 Å². The van der Waals surface area contributed by atoms with Gasteiger partial charge in [-0.25, -0.2) is 0 Å². The van der Waals surface area contributed by atoms with E-state index >= 15 is 0 Å². The Morgan fingerprint density at radius 2 is 2.38 bits per heavy atom. The zero-order valence-electron chi connectivity index (χ0n) is 4.98. The summed E-state index contributed by atoms with van der Waals surface area (Å²) in [5.74, 6) is 0. The van der Waals surface area contributed by atoms with Crippen LogP contribution in [0.2, 0.25) is 0 Å². The van der Waals surface area contributed by atoms with E-state index in [4.69, 9.17) is 5.73 Å². The Morgan fingerprint density at radius 3 is 2.62 bits per heavy atom. The molecule has 0 amide bonds. The average molecular weight is 112 g/mol. The predicted octanol–water partition coefficient (Wildman–Crippen LogP) is -0.303. The van der Waals surface area contributed by atoms with E-state index in [2.05, 4.69) is 5.32 Å². The molecule has 1 aliphatic heterocycles. The molecule has 0 radical (unpaired) electrons. The van der Waals surface area contributed by atoms with Crippen molar-refractivity contribution in [1.29, 1.82) is 0 Å². The van der Waals surface area contributed by atoms with Gasteiger partial charge in [-0.1, -0.05) is 0 Å². The zero-order valence-corrected chi connectivity index (χ0v) is 4.98. The maximum Gasteiger partial charge on any atom is 0.0115 e. The van der Waals surface area contributed by atoms with Crippen LogP contribution in [0.3, 0.4) is 0 Å². The molecule has 2 fully saturated rings. The molecule has 0 bridgehead atoms. The minimum absolute atomic E-state index is 0.525. The third-order valence-electron chi connectivity index (χ3n) is 2.53. The molecule has 2 atom stereocenters. The second-order valence-corrected chi connectivity index (χ2v) is 3.10. The van der Waals surface area contributed by atoms with Gasteiger partial charge in [-0.05, 0) is 19.4 Å². The monoisotopic (exact) mass is 112 g/mol. The Balaban J connectivity index is 2.06. The smallest absolute Gasteiger partial charge is 0.0115 e. The zero-order chi connectivity index (χ0) is 5.61. The number of hydrogen-bond acceptors (Lipinski definition) is 2. The van der Waals surface area contributed by atoms with Crippen molar-refractivity contribution in [3.05, 3.63) is 0 Å². The lowest BCUT2D eigenvalue weighted by Gasteiger charge is -2.00. The molecule has 2 nitrogen and oxygen atoms in total. The fourth-order valence-electron chi connectivity index (χ4n) is 1.63. The maximum absolute atomic E-state index is 5.72. The first-order valence-electron chi connectivity index (χ1n) is 3.30. The van der Waals surface area contributed by atoms with Crippen LogP contribution < -0.4 is 11.1 Å². The molecule has 1 aliphatic carbocycles. The van der Waals surface area contributed by atoms with Gasteiger partial charge in [0.25, 0.3) is 0 Å². The standard InChI is InChI=1S/C6H12N2/c7-5-3-6(5)1-2-8-4-6/h5,8H,1-4,7H2/t5-,6-/m0/s1. The van der Waals surface area contributed by atoms with Crippen LogP contribution >= 0.6 is 0 Å². The highest BCUT2D eigenvalue weighted by atomic mass is 15.0. The van der Waals surface area contributed by atoms with Gasteiger partial charge in [0.05, 0.1) is 0 Å². The number of hydrogen-bond donors (Lipinski definition) is 2. The summed E-state index contributed by atoms with van der Waals surface area (Å²) in [4.78, 5) is 0. The van der Waals surface area contributed by atoms with Gasteiger partial charge in [0.1, 0.15) is 0 Å². The minimum atomic E-state index is 0.525. The van der Waals surface area contributed by atoms with Crippen LogP contribution in [0.15, 0.2) is 0 Å². The molecule has 1 spiro atoms. The van der Waals surface area contributed by atoms with Crippen LogP contribution in [0.25, 0.3) is 0 Å². The Kier molecular flexibility index (Phi) is 0.746. The summed E-state index contributed by atoms with van der Waals surface area (Å²) in [6.07, 6.45) is 2.58. The molecule has 0 unspecified atom stereocenters. The Bertz CT molecular complexity index is 105. The highest BCUT2D eigenvalue weighted by molar-refractivity contribution is 5.10. The van der Waals surface area contributed by atoms with Crippen LogP contribution in [0.1, 0.15) is 12.8 Å². The van der Waals surface area contributed by atoms with E-state index in [9.17, 15) is 0 Å². The second kappa shape index (κ2) is 1.25. The molecule has 8 heavy (non-hydrogen) atoms. The summed E-state index contributed by atoms with van der Waals surface area (Å²) in [7, 11) is 0. The fourth-order valence-corrected chi connectivity index (χ4v) is 1.63. The van der Waals surface area contributed by atoms with Crippen LogP contribution in [0.4, 0.5) is 0 Å². The normalized spacial score (nSPS) is 52.9. The molecule has 2 heteroatoms. The molecule has 3 N–H and O–H groups in total. The van der Waals surface area contributed by atoms with Crippen LogP contribution in [0, 0.1) is 5.41 Å². The molecule has 2 rings (SSSR count). The largest absolute Gasteiger partial charge is 0.327 e. The Labute approximate surface area is 49.4 Å². The summed E-state index contributed by atoms with van der Waals surface area (Å²) in [5.41, 5.74) is 6.29. The van der Waals surface area contributed by atoms with Crippen molar-refractivity contribution < 1.29 is 0 Å². The van der Waals surface area contributed by atoms with Gasteiger partial charge in [-0.15, -0.1) is 0 Å². The lowest BCUT2D eigenvalue weighted by atomic mass is 10.1. The Morgan fingerprint density at radius 1 is 1.62 bits per heavy atom. The van der Waals surface area contributed by atoms with Crippen molar-refractivity contribution in [2.24, 2.45) is 11.1 Å². The highest BCUT2D eigenvalue weighted by Crippen LogP contribution is 2.48. The van der Waals surface area contributed by atoms with E-state index in [-0.39, 0.29) is 0 Å². The van der Waals surface area contributed by atoms with Crippen molar-refractivity contribution in [2.45, 2.75) is 18.9 Å². The van der Waals surface area contributed by atoms with E-state index in [1.54, 1.807) is 0 Å². The minimum Gasteiger partial charge on any atom is -0.327 e. The van der Waals surface area contributed by atoms with Crippen molar-refractivity contribution >= 4 is 0 Å². The van der Waals surface area contributed by atoms with E-state index in [0.29, 0.717) is 11.5 Å². The van der Waals surface area contributed by atoms with E-state index in [1.807, 2.05) is 0 Å². The second-order valence-electron chi connectivity index (χ2n) is 3.10. The van der Waals surface area contributed by atoms with Gasteiger partial charge < -0.3 is 11.1 Å². The molecule has 0 aromatic carbocycles. The maximum atomic E-state index is 5.72. The van der Waals surface area contributed by atoms with Crippen LogP contribution in [-0.4, -0.2) is 19.1 Å². The molecule has 46 valence electrons. The molecule has 1 saturated carbocycles. The third kappa shape index (κ3) is 0.446. The van der Waals surface area contributed by atoms with E-state index < -0.39 is 0 Å². The van der Waals surface area contributed by atoms with Gasteiger partial charge in [-0.3, -0.25) is 0 Å². The number of rotatable bonds is 0. The summed E-state index contributed by atoms with van der Waals surface area (Å²) >= 11 is 0. The van der Waals surface area contributed by atoms with Gasteiger partial charge in [0.2, 0.25) is 0 Å². The van der Waals surface area contributed by atoms with Gasteiger partial charge >= 0.3 is 0 Å². The lowest BCUT2D eigenvalue weighted by Crippen LogP contribution is -2.16. The van der Waals surface area contributed by atoms with E-state index in [1.165, 1.54) is 25.9 Å². The fraction of sp³-hybridized carbons (Fsp3) is 1.00. The van der Waals surface area contributed by atoms with Crippen molar-refractivity contribution in [1.82, 2.24) is 5.32 Å². The first-order valence-corrected chi connectivity index (χ1v) is 3.30. The molecule has 1 saturated heterocycles. The van der Waals surface area contributed by atoms with E-state index in [0.717, 1.165) is 0 Å². The molecule has 0 aromatic heterocycles. The van der Waals surface area contributed by atoms with Gasteiger partial charge in [-0.2, -0.15) is 0 Å². The third-order valence-corrected chi connectivity index (χ3v) is 2.53. The molecular weight excluding hydrogens is 100 g/mol. The van der Waals surface area contributed by atoms with Gasteiger partial charge in [0, 0.05) is 18.0 Å². The van der Waals surface area contributed by atoms with Crippen LogP contribution in [-0.2, 0) is 0 Å². The molecule has 2 aliphatic rings. The summed E-state index contributed by atoms with van der Waals surface area (Å²) in [5, 5.41) is 3.33. The van der Waals surface area contributed by atoms with Crippen molar-refractivity contribution in [3.8, 4) is 0 Å². The summed E-state index contributed by atoms with van der Waals surface area (Å²) < 4.78 is 0. The van der Waals surface area contributed by atoms with Gasteiger partial charge in [0.15, 0.2) is 0 Å². The number of nitrogens with two attached hydrogens (primary N) is 1. The number of nitrogens with one attached hydrogen (secondary N) is 1. The average Bonchev–Trinajstić information content (AvgIpc) is 2.29. The predicted molar refractivity (Wildman–Crippen MR) is 32.5 cm³/mol. The summed E-state index contributed by atoms with van der Waals surface area (Å²) in [6, 6.07) is 0.525. The molecular formula is C6H12N2. The quantitative estimate of drug-likeness (QED) is 0.451. The molecule has 1 heterocycles. The Hall–Kier alpha value is -0.0800. The first-order chi connectivity index (χ1) is 3.83. The summed E-state index contributed by atoms with van der Waals surface area (Å²) in [6.45, 7) is 2.36. The van der Waals surface area contributed by atoms with Crippen LogP contribution in [0.5, 0.6) is 0 Å².